The summed E-state index contributed by atoms with van der Waals surface area (Å²) in [6.45, 7) is 0. The summed E-state index contributed by atoms with van der Waals surface area (Å²) < 4.78 is 7.49. The lowest BCUT2D eigenvalue weighted by Gasteiger charge is -2.10. The number of rotatable bonds is 3. The maximum Gasteiger partial charge on any atom is 0.0727 e. The van der Waals surface area contributed by atoms with E-state index in [1.165, 1.54) is 75.5 Å². The second-order valence-electron chi connectivity index (χ2n) is 10.6. The van der Waals surface area contributed by atoms with Crippen LogP contribution in [0, 0.1) is 0 Å². The summed E-state index contributed by atoms with van der Waals surface area (Å²) >= 11 is 1.89. The highest BCUT2D eigenvalue weighted by atomic mass is 32.1. The zero-order valence-corrected chi connectivity index (χ0v) is 23.0. The van der Waals surface area contributed by atoms with Gasteiger partial charge in [-0.05, 0) is 65.7 Å². The molecule has 0 N–H and O–H groups in total. The van der Waals surface area contributed by atoms with Gasteiger partial charge in [0, 0.05) is 37.6 Å². The van der Waals surface area contributed by atoms with Crippen molar-refractivity contribution in [3.8, 4) is 22.5 Å². The summed E-state index contributed by atoms with van der Waals surface area (Å²) in [5.74, 6) is 0. The lowest BCUT2D eigenvalue weighted by molar-refractivity contribution is 1.18. The van der Waals surface area contributed by atoms with E-state index in [2.05, 4.69) is 155 Å². The summed E-state index contributed by atoms with van der Waals surface area (Å²) in [5, 5.41) is 5.17. The Morgan fingerprint density at radius 1 is 0.439 bits per heavy atom. The van der Waals surface area contributed by atoms with Gasteiger partial charge in [-0.25, -0.2) is 0 Å². The van der Waals surface area contributed by atoms with Gasteiger partial charge in [0.15, 0.2) is 0 Å². The molecule has 41 heavy (non-hydrogen) atoms. The van der Waals surface area contributed by atoms with Gasteiger partial charge in [-0.1, -0.05) is 91.0 Å². The lowest BCUT2D eigenvalue weighted by Crippen LogP contribution is -1.93. The van der Waals surface area contributed by atoms with Crippen molar-refractivity contribution in [1.29, 1.82) is 0 Å². The Morgan fingerprint density at radius 2 is 1.05 bits per heavy atom. The first-order chi connectivity index (χ1) is 20.4. The van der Waals surface area contributed by atoms with Gasteiger partial charge >= 0.3 is 0 Å². The van der Waals surface area contributed by atoms with Crippen LogP contribution in [0.3, 0.4) is 0 Å². The minimum Gasteiger partial charge on any atom is -0.309 e. The average Bonchev–Trinajstić information content (AvgIpc) is 3.68. The highest BCUT2D eigenvalue weighted by molar-refractivity contribution is 7.26. The molecule has 0 atom stereocenters. The number of benzene rings is 6. The molecule has 192 valence electrons. The number of thiophene rings is 1. The first-order valence-corrected chi connectivity index (χ1v) is 14.8. The van der Waals surface area contributed by atoms with E-state index in [1.807, 2.05) is 11.3 Å². The van der Waals surface area contributed by atoms with Crippen molar-refractivity contribution in [3.05, 3.63) is 146 Å². The van der Waals surface area contributed by atoms with Crippen molar-refractivity contribution in [2.75, 3.05) is 0 Å². The summed E-state index contributed by atoms with van der Waals surface area (Å²) in [7, 11) is 0. The molecule has 0 spiro atoms. The predicted octanol–water partition coefficient (Wildman–Crippen LogP) is 10.8. The molecule has 0 aliphatic carbocycles. The van der Waals surface area contributed by atoms with E-state index in [0.717, 1.165) is 0 Å². The molecule has 6 aromatic carbocycles. The molecule has 0 aliphatic rings. The zero-order chi connectivity index (χ0) is 26.9. The fraction of sp³-hybridized carbons (Fsp3) is 0. The van der Waals surface area contributed by atoms with E-state index >= 15 is 0 Å². The predicted molar refractivity (Wildman–Crippen MR) is 176 cm³/mol. The minimum atomic E-state index is 1.18. The number of nitrogens with zero attached hydrogens (tertiary/aromatic N) is 2. The molecule has 0 aliphatic heterocycles. The third kappa shape index (κ3) is 3.24. The number of para-hydroxylation sites is 4. The molecule has 0 fully saturated rings. The number of hydrogen-bond donors (Lipinski definition) is 0. The van der Waals surface area contributed by atoms with Crippen molar-refractivity contribution in [2.45, 2.75) is 0 Å². The Kier molecular flexibility index (Phi) is 4.80. The van der Waals surface area contributed by atoms with Crippen LogP contribution in [-0.4, -0.2) is 9.13 Å². The fourth-order valence-corrected chi connectivity index (χ4v) is 7.80. The van der Waals surface area contributed by atoms with E-state index in [9.17, 15) is 0 Å². The van der Waals surface area contributed by atoms with E-state index in [-0.39, 0.29) is 0 Å². The van der Waals surface area contributed by atoms with Crippen LogP contribution < -0.4 is 0 Å². The van der Waals surface area contributed by atoms with Gasteiger partial charge in [-0.3, -0.25) is 0 Å². The van der Waals surface area contributed by atoms with Crippen LogP contribution in [0.15, 0.2) is 146 Å². The Balaban J connectivity index is 1.37. The zero-order valence-electron chi connectivity index (χ0n) is 22.2. The van der Waals surface area contributed by atoms with Crippen molar-refractivity contribution in [2.24, 2.45) is 0 Å². The molecule has 0 saturated carbocycles. The third-order valence-corrected chi connectivity index (χ3v) is 9.51. The first kappa shape index (κ1) is 22.7. The van der Waals surface area contributed by atoms with Gasteiger partial charge in [0.25, 0.3) is 0 Å². The second kappa shape index (κ2) is 8.69. The van der Waals surface area contributed by atoms with Crippen molar-refractivity contribution >= 4 is 64.3 Å². The molecule has 3 aromatic heterocycles. The van der Waals surface area contributed by atoms with Gasteiger partial charge < -0.3 is 9.13 Å². The van der Waals surface area contributed by atoms with Crippen molar-refractivity contribution in [3.63, 3.8) is 0 Å². The smallest absolute Gasteiger partial charge is 0.0727 e. The molecule has 0 unspecified atom stereocenters. The number of hydrogen-bond acceptors (Lipinski definition) is 1. The Hall–Kier alpha value is -5.12. The van der Waals surface area contributed by atoms with Crippen LogP contribution in [0.4, 0.5) is 0 Å². The van der Waals surface area contributed by atoms with E-state index in [0.29, 0.717) is 0 Å². The lowest BCUT2D eigenvalue weighted by atomic mass is 9.98. The average molecular weight is 541 g/mol. The maximum atomic E-state index is 2.44. The van der Waals surface area contributed by atoms with Gasteiger partial charge in [-0.15, -0.1) is 11.3 Å². The van der Waals surface area contributed by atoms with Gasteiger partial charge in [-0.2, -0.15) is 0 Å². The van der Waals surface area contributed by atoms with Crippen LogP contribution >= 0.6 is 11.3 Å². The first-order valence-electron chi connectivity index (χ1n) is 14.0. The molecule has 0 amide bonds. The molecule has 3 heterocycles. The highest BCUT2D eigenvalue weighted by Gasteiger charge is 2.20. The normalized spacial score (nSPS) is 11.9. The number of fused-ring (bicyclic) bond motifs is 8. The van der Waals surface area contributed by atoms with Crippen LogP contribution in [0.5, 0.6) is 0 Å². The fourth-order valence-electron chi connectivity index (χ4n) is 6.60. The summed E-state index contributed by atoms with van der Waals surface area (Å²) in [5.41, 5.74) is 9.86. The Bertz CT molecular complexity index is 2410. The van der Waals surface area contributed by atoms with Gasteiger partial charge in [0.2, 0.25) is 0 Å². The van der Waals surface area contributed by atoms with E-state index in [1.54, 1.807) is 0 Å². The molecule has 2 nitrogen and oxygen atoms in total. The standard InChI is InChI=1S/C38H24N2S/c1-3-12-26(13-4-1)39-32-19-9-7-16-29(32)36-28(18-11-21-34(36)39)25-22-23-35-31(24-25)37-38(41-35)30-17-8-10-20-33(30)40(37)27-14-5-2-6-15-27/h1-24H. The monoisotopic (exact) mass is 540 g/mol. The Labute approximate surface area is 240 Å². The van der Waals surface area contributed by atoms with Crippen molar-refractivity contribution in [1.82, 2.24) is 9.13 Å². The van der Waals surface area contributed by atoms with Crippen LogP contribution in [0.1, 0.15) is 0 Å². The van der Waals surface area contributed by atoms with Gasteiger partial charge in [0.05, 0.1) is 26.8 Å². The van der Waals surface area contributed by atoms with Crippen LogP contribution in [0.25, 0.3) is 75.5 Å². The second-order valence-corrected chi connectivity index (χ2v) is 11.6. The number of aromatic nitrogens is 2. The summed E-state index contributed by atoms with van der Waals surface area (Å²) in [4.78, 5) is 0. The molecule has 0 saturated heterocycles. The highest BCUT2D eigenvalue weighted by Crippen LogP contribution is 2.45. The van der Waals surface area contributed by atoms with E-state index in [4.69, 9.17) is 0 Å². The van der Waals surface area contributed by atoms with Gasteiger partial charge in [0.1, 0.15) is 0 Å². The maximum absolute atomic E-state index is 2.44. The largest absolute Gasteiger partial charge is 0.309 e. The van der Waals surface area contributed by atoms with Crippen LogP contribution in [0.2, 0.25) is 0 Å². The molecule has 3 heteroatoms. The minimum absolute atomic E-state index is 1.18. The quantitative estimate of drug-likeness (QED) is 0.211. The molecular weight excluding hydrogens is 516 g/mol. The summed E-state index contributed by atoms with van der Waals surface area (Å²) in [6.07, 6.45) is 0. The Morgan fingerprint density at radius 3 is 1.80 bits per heavy atom. The molecule has 9 rings (SSSR count). The third-order valence-electron chi connectivity index (χ3n) is 8.31. The topological polar surface area (TPSA) is 9.86 Å². The van der Waals surface area contributed by atoms with Crippen LogP contribution in [-0.2, 0) is 0 Å². The van der Waals surface area contributed by atoms with E-state index < -0.39 is 0 Å². The summed E-state index contributed by atoms with van der Waals surface area (Å²) in [6, 6.07) is 52.8. The van der Waals surface area contributed by atoms with Crippen molar-refractivity contribution < 1.29 is 0 Å². The SMILES string of the molecule is c1ccc(-n2c3ccccc3c3c(-c4ccc5sc6c7ccccc7n(-c7ccccc7)c6c5c4)cccc32)cc1. The molecular formula is C38H24N2S. The molecule has 9 aromatic rings. The molecule has 0 bridgehead atoms. The molecule has 0 radical (unpaired) electrons.